The first kappa shape index (κ1) is 12.4. The van der Waals surface area contributed by atoms with Gasteiger partial charge in [0.2, 0.25) is 5.91 Å². The van der Waals surface area contributed by atoms with Crippen LogP contribution in [0.4, 0.5) is 12.9 Å². The van der Waals surface area contributed by atoms with Gasteiger partial charge in [0, 0.05) is 13.6 Å². The van der Waals surface area contributed by atoms with Crippen molar-refractivity contribution in [1.82, 2.24) is 10.2 Å². The highest BCUT2D eigenvalue weighted by Gasteiger charge is 2.41. The van der Waals surface area contributed by atoms with Gasteiger partial charge in [-0.05, 0) is 26.3 Å². The van der Waals surface area contributed by atoms with Crippen LogP contribution in [0, 0.1) is 5.41 Å². The minimum atomic E-state index is -4.79. The van der Waals surface area contributed by atoms with Gasteiger partial charge in [0.25, 0.3) is 0 Å². The second kappa shape index (κ2) is 4.04. The number of halogens is 3. The molecule has 1 N–H and O–H groups in total. The van der Waals surface area contributed by atoms with E-state index in [1.54, 1.807) is 6.92 Å². The fourth-order valence-electron chi connectivity index (χ4n) is 1.99. The van der Waals surface area contributed by atoms with E-state index in [0.29, 0.717) is 13.0 Å². The van der Waals surface area contributed by atoms with Gasteiger partial charge in [0.1, 0.15) is 0 Å². The van der Waals surface area contributed by atoms with Gasteiger partial charge in [-0.2, -0.15) is 0 Å². The van der Waals surface area contributed by atoms with Crippen LogP contribution in [0.15, 0.2) is 0 Å². The van der Waals surface area contributed by atoms with E-state index in [-0.39, 0.29) is 12.5 Å². The predicted octanol–water partition coefficient (Wildman–Crippen LogP) is 0.831. The van der Waals surface area contributed by atoms with Gasteiger partial charge in [-0.1, -0.05) is 0 Å². The van der Waals surface area contributed by atoms with E-state index in [0.717, 1.165) is 0 Å². The van der Waals surface area contributed by atoms with Crippen LogP contribution < -0.4 is 5.32 Å². The Morgan fingerprint density at radius 2 is 2.13 bits per heavy atom. The summed E-state index contributed by atoms with van der Waals surface area (Å²) < 4.78 is 36.5. The van der Waals surface area contributed by atoms with Gasteiger partial charge >= 0.3 is 6.98 Å². The third kappa shape index (κ3) is 3.12. The molecule has 1 aliphatic heterocycles. The van der Waals surface area contributed by atoms with E-state index in [1.165, 1.54) is 11.9 Å². The van der Waals surface area contributed by atoms with Crippen molar-refractivity contribution in [2.24, 2.45) is 5.41 Å². The summed E-state index contributed by atoms with van der Waals surface area (Å²) in [6.45, 7) is -2.56. The molecule has 0 saturated carbocycles. The van der Waals surface area contributed by atoms with Crippen LogP contribution in [0.5, 0.6) is 0 Å². The monoisotopic (exact) mass is 223 g/mol. The molecule has 0 spiro atoms. The molecule has 1 fully saturated rings. The molecule has 1 amide bonds. The zero-order chi connectivity index (χ0) is 11.7. The Balaban J connectivity index is 2.55. The zero-order valence-electron chi connectivity index (χ0n) is 8.90. The lowest BCUT2D eigenvalue weighted by Gasteiger charge is -2.26. The number of likely N-dealkylation sites (tertiary alicyclic amines) is 1. The second-order valence-corrected chi connectivity index (χ2v) is 4.34. The van der Waals surface area contributed by atoms with Crippen molar-refractivity contribution in [3.8, 4) is 0 Å². The van der Waals surface area contributed by atoms with Crippen LogP contribution in [0.2, 0.25) is 0 Å². The Labute approximate surface area is 87.1 Å². The summed E-state index contributed by atoms with van der Waals surface area (Å²) in [4.78, 5) is 12.7. The Morgan fingerprint density at radius 3 is 2.60 bits per heavy atom. The summed E-state index contributed by atoms with van der Waals surface area (Å²) in [5, 5.41) is 2.49. The van der Waals surface area contributed by atoms with Crippen LogP contribution in [0.25, 0.3) is 0 Å². The van der Waals surface area contributed by atoms with Gasteiger partial charge in [-0.25, -0.2) is 0 Å². The van der Waals surface area contributed by atoms with Crippen molar-refractivity contribution in [2.75, 3.05) is 26.6 Å². The highest BCUT2D eigenvalue weighted by Crippen LogP contribution is 2.31. The average molecular weight is 223 g/mol. The maximum absolute atomic E-state index is 12.2. The number of nitrogens with one attached hydrogen (secondary N) is 1. The third-order valence-electron chi connectivity index (χ3n) is 2.79. The summed E-state index contributed by atoms with van der Waals surface area (Å²) >= 11 is 0. The molecule has 1 heterocycles. The molecular weight excluding hydrogens is 208 g/mol. The molecule has 0 aromatic rings. The molecule has 88 valence electrons. The third-order valence-corrected chi connectivity index (χ3v) is 2.79. The van der Waals surface area contributed by atoms with Crippen molar-refractivity contribution in [2.45, 2.75) is 13.3 Å². The molecule has 7 heteroatoms. The number of hydrogen-bond acceptors (Lipinski definition) is 2. The fourth-order valence-corrected chi connectivity index (χ4v) is 1.99. The molecule has 3 nitrogen and oxygen atoms in total. The average Bonchev–Trinajstić information content (AvgIpc) is 2.44. The Morgan fingerprint density at radius 1 is 1.53 bits per heavy atom. The van der Waals surface area contributed by atoms with E-state index < -0.39 is 18.8 Å². The smallest absolute Gasteiger partial charge is 0.448 e. The summed E-state index contributed by atoms with van der Waals surface area (Å²) in [6, 6.07) is 0. The normalized spacial score (nSPS) is 28.1. The van der Waals surface area contributed by atoms with E-state index in [1.807, 2.05) is 0 Å². The van der Waals surface area contributed by atoms with Gasteiger partial charge in [0.05, 0.1) is 5.41 Å². The Kier molecular flexibility index (Phi) is 3.33. The molecule has 15 heavy (non-hydrogen) atoms. The van der Waals surface area contributed by atoms with Gasteiger partial charge in [0.15, 0.2) is 0 Å². The molecule has 0 aromatic carbocycles. The summed E-state index contributed by atoms with van der Waals surface area (Å²) in [5.74, 6) is -0.181. The maximum atomic E-state index is 12.2. The quantitative estimate of drug-likeness (QED) is 0.718. The molecule has 1 rings (SSSR count). The van der Waals surface area contributed by atoms with E-state index in [2.05, 4.69) is 5.32 Å². The number of hydrogen-bond donors (Lipinski definition) is 1. The minimum Gasteiger partial charge on any atom is -0.448 e. The second-order valence-electron chi connectivity index (χ2n) is 4.34. The minimum absolute atomic E-state index is 0.181. The van der Waals surface area contributed by atoms with Crippen molar-refractivity contribution >= 4 is 12.9 Å². The van der Waals surface area contributed by atoms with Gasteiger partial charge < -0.3 is 23.2 Å². The molecule has 1 aliphatic rings. The van der Waals surface area contributed by atoms with Crippen LogP contribution in [0.1, 0.15) is 13.3 Å². The number of carbonyl (C=O) groups excluding carboxylic acids is 1. The van der Waals surface area contributed by atoms with Crippen molar-refractivity contribution < 1.29 is 17.7 Å². The molecular formula is C8H15BF3N2O-. The van der Waals surface area contributed by atoms with E-state index in [9.17, 15) is 17.7 Å². The van der Waals surface area contributed by atoms with Crippen LogP contribution >= 0.6 is 0 Å². The predicted molar refractivity (Wildman–Crippen MR) is 52.3 cm³/mol. The Hall–Kier alpha value is -0.715. The van der Waals surface area contributed by atoms with Crippen molar-refractivity contribution in [3.63, 3.8) is 0 Å². The maximum Gasteiger partial charge on any atom is 0.492 e. The SMILES string of the molecule is CNC(=O)C1(C)CCN(C[B-](F)(F)F)C1. The number of nitrogens with zero attached hydrogens (tertiary/aromatic N) is 1. The van der Waals surface area contributed by atoms with Crippen molar-refractivity contribution in [1.29, 1.82) is 0 Å². The summed E-state index contributed by atoms with van der Waals surface area (Å²) in [5.41, 5.74) is -0.671. The topological polar surface area (TPSA) is 32.3 Å². The molecule has 0 aliphatic carbocycles. The standard InChI is InChI=1S/C8H15BF3N2O/c1-8(7(15)13-2)3-4-14(5-8)6-9(10,11)12/h3-6H2,1-2H3,(H,13,15)/q-1. The van der Waals surface area contributed by atoms with Crippen molar-refractivity contribution in [3.05, 3.63) is 0 Å². The first-order chi connectivity index (χ1) is 6.77. The summed E-state index contributed by atoms with van der Waals surface area (Å²) in [6.07, 6.45) is -0.384. The fraction of sp³-hybridized carbons (Fsp3) is 0.875. The van der Waals surface area contributed by atoms with Crippen LogP contribution in [-0.2, 0) is 4.79 Å². The first-order valence-corrected chi connectivity index (χ1v) is 4.92. The Bertz CT molecular complexity index is 259. The molecule has 0 bridgehead atoms. The molecule has 1 unspecified atom stereocenters. The zero-order valence-corrected chi connectivity index (χ0v) is 8.90. The largest absolute Gasteiger partial charge is 0.492 e. The van der Waals surface area contributed by atoms with Crippen LogP contribution in [0.3, 0.4) is 0 Å². The molecule has 1 saturated heterocycles. The van der Waals surface area contributed by atoms with Gasteiger partial charge in [-0.15, -0.1) is 0 Å². The lowest BCUT2D eigenvalue weighted by molar-refractivity contribution is -0.129. The highest BCUT2D eigenvalue weighted by atomic mass is 19.4. The summed E-state index contributed by atoms with van der Waals surface area (Å²) in [7, 11) is 1.50. The first-order valence-electron chi connectivity index (χ1n) is 4.92. The van der Waals surface area contributed by atoms with Crippen LogP contribution in [-0.4, -0.2) is 44.4 Å². The van der Waals surface area contributed by atoms with E-state index >= 15 is 0 Å². The lowest BCUT2D eigenvalue weighted by atomic mass is 9.88. The van der Waals surface area contributed by atoms with Gasteiger partial charge in [-0.3, -0.25) is 4.79 Å². The number of rotatable bonds is 3. The number of carbonyl (C=O) groups is 1. The molecule has 0 radical (unpaired) electrons. The van der Waals surface area contributed by atoms with E-state index in [4.69, 9.17) is 0 Å². The number of amides is 1. The highest BCUT2D eigenvalue weighted by molar-refractivity contribution is 6.58. The lowest BCUT2D eigenvalue weighted by Crippen LogP contribution is -2.42. The molecule has 1 atom stereocenters. The molecule has 0 aromatic heterocycles.